The minimum Gasteiger partial charge on any atom is -0.467 e. The van der Waals surface area contributed by atoms with Gasteiger partial charge in [-0.15, -0.1) is 0 Å². The fourth-order valence-corrected chi connectivity index (χ4v) is 5.31. The minimum absolute atomic E-state index is 0.0421. The average Bonchev–Trinajstić information content (AvgIpc) is 2.99. The summed E-state index contributed by atoms with van der Waals surface area (Å²) in [4.78, 5) is 55.3. The molecule has 0 unspecified atom stereocenters. The van der Waals surface area contributed by atoms with Crippen LogP contribution in [-0.4, -0.2) is 86.2 Å². The molecule has 1 aliphatic heterocycles. The molecule has 0 bridgehead atoms. The highest BCUT2D eigenvalue weighted by molar-refractivity contribution is 5.96. The van der Waals surface area contributed by atoms with Crippen LogP contribution in [0.2, 0.25) is 0 Å². The number of carbonyl (C=O) groups excluding carboxylic acids is 4. The van der Waals surface area contributed by atoms with Gasteiger partial charge in [-0.25, -0.2) is 4.79 Å². The van der Waals surface area contributed by atoms with E-state index in [1.807, 2.05) is 79.4 Å². The second-order valence-corrected chi connectivity index (χ2v) is 11.7. The Morgan fingerprint density at radius 2 is 1.51 bits per heavy atom. The van der Waals surface area contributed by atoms with Gasteiger partial charge >= 0.3 is 5.97 Å². The highest BCUT2D eigenvalue weighted by atomic mass is 16.5. The van der Waals surface area contributed by atoms with E-state index in [1.165, 1.54) is 7.11 Å². The van der Waals surface area contributed by atoms with Crippen molar-refractivity contribution in [2.24, 2.45) is 5.92 Å². The predicted octanol–water partition coefficient (Wildman–Crippen LogP) is 2.26. The fourth-order valence-electron chi connectivity index (χ4n) is 5.31. The second kappa shape index (κ2) is 16.8. The third-order valence-electron chi connectivity index (χ3n) is 7.48. The summed E-state index contributed by atoms with van der Waals surface area (Å²) >= 11 is 0. The summed E-state index contributed by atoms with van der Waals surface area (Å²) in [5.41, 5.74) is 0.540. The predicted molar refractivity (Wildman–Crippen MR) is 164 cm³/mol. The maximum Gasteiger partial charge on any atom is 0.328 e. The molecular weight excluding hydrogens is 548 g/mol. The molecule has 3 N–H and O–H groups in total. The number of ether oxygens (including phenoxy) is 2. The zero-order chi connectivity index (χ0) is 31.2. The van der Waals surface area contributed by atoms with Crippen molar-refractivity contribution in [2.75, 3.05) is 40.0 Å². The lowest BCUT2D eigenvalue weighted by Crippen LogP contribution is -2.63. The molecule has 1 heterocycles. The van der Waals surface area contributed by atoms with E-state index in [0.717, 1.165) is 11.1 Å². The van der Waals surface area contributed by atoms with Crippen molar-refractivity contribution < 1.29 is 28.7 Å². The van der Waals surface area contributed by atoms with Gasteiger partial charge in [-0.05, 0) is 43.2 Å². The van der Waals surface area contributed by atoms with Crippen LogP contribution >= 0.6 is 0 Å². The number of carbonyl (C=O) groups is 4. The van der Waals surface area contributed by atoms with Gasteiger partial charge in [-0.3, -0.25) is 19.3 Å². The number of methoxy groups -OCH3 is 1. The molecule has 1 saturated heterocycles. The van der Waals surface area contributed by atoms with Crippen molar-refractivity contribution in [1.82, 2.24) is 20.9 Å². The van der Waals surface area contributed by atoms with Gasteiger partial charge in [0.1, 0.15) is 17.6 Å². The number of nitrogens with one attached hydrogen (secondary N) is 3. The van der Waals surface area contributed by atoms with Crippen LogP contribution in [-0.2, 0) is 41.5 Å². The first-order valence-electron chi connectivity index (χ1n) is 15.0. The van der Waals surface area contributed by atoms with Crippen molar-refractivity contribution in [1.29, 1.82) is 0 Å². The first kappa shape index (κ1) is 33.7. The molecular formula is C33H46N4O6. The lowest BCUT2D eigenvalue weighted by Gasteiger charge is -2.34. The van der Waals surface area contributed by atoms with Crippen LogP contribution in [0.25, 0.3) is 0 Å². The summed E-state index contributed by atoms with van der Waals surface area (Å²) in [5.74, 6) is -1.75. The van der Waals surface area contributed by atoms with Gasteiger partial charge in [0.05, 0.1) is 26.9 Å². The number of benzene rings is 2. The van der Waals surface area contributed by atoms with Gasteiger partial charge in [0.2, 0.25) is 17.7 Å². The zero-order valence-electron chi connectivity index (χ0n) is 25.8. The molecule has 43 heavy (non-hydrogen) atoms. The summed E-state index contributed by atoms with van der Waals surface area (Å²) < 4.78 is 10.4. The standard InChI is InChI=1S/C33H46N4O6/c1-24(2)22-33(3,32(41)35-28(31(40)42-4)21-26-13-9-6-10-14-26)36-30(39)27(16-15-25-11-7-5-8-12-25)34-29(38)23-37-17-19-43-20-18-37/h5-14,24,27-28H,15-23H2,1-4H3,(H,34,38)(H,35,41)(H,36,39)/t27-,28-,33+/m0/s1. The highest BCUT2D eigenvalue weighted by Crippen LogP contribution is 2.19. The summed E-state index contributed by atoms with van der Waals surface area (Å²) in [6, 6.07) is 17.3. The Balaban J connectivity index is 1.77. The molecule has 0 aromatic heterocycles. The highest BCUT2D eigenvalue weighted by Gasteiger charge is 2.39. The van der Waals surface area contributed by atoms with Crippen LogP contribution in [0.4, 0.5) is 0 Å². The molecule has 10 nitrogen and oxygen atoms in total. The normalized spacial score (nSPS) is 16.4. The van der Waals surface area contributed by atoms with Gasteiger partial charge in [-0.1, -0.05) is 74.5 Å². The van der Waals surface area contributed by atoms with Crippen molar-refractivity contribution in [3.05, 3.63) is 71.8 Å². The van der Waals surface area contributed by atoms with E-state index < -0.39 is 35.4 Å². The van der Waals surface area contributed by atoms with E-state index >= 15 is 0 Å². The van der Waals surface area contributed by atoms with Crippen LogP contribution in [0.5, 0.6) is 0 Å². The molecule has 3 amide bonds. The fraction of sp³-hybridized carbons (Fsp3) is 0.515. The second-order valence-electron chi connectivity index (χ2n) is 11.7. The van der Waals surface area contributed by atoms with E-state index in [9.17, 15) is 19.2 Å². The molecule has 1 aliphatic rings. The van der Waals surface area contributed by atoms with E-state index in [1.54, 1.807) is 6.92 Å². The van der Waals surface area contributed by atoms with E-state index in [0.29, 0.717) is 45.6 Å². The number of hydrogen-bond donors (Lipinski definition) is 3. The van der Waals surface area contributed by atoms with Crippen LogP contribution in [0, 0.1) is 5.92 Å². The molecule has 234 valence electrons. The molecule has 3 atom stereocenters. The number of nitrogens with zero attached hydrogens (tertiary/aromatic N) is 1. The lowest BCUT2D eigenvalue weighted by molar-refractivity contribution is -0.146. The summed E-state index contributed by atoms with van der Waals surface area (Å²) in [6.07, 6.45) is 1.47. The maximum atomic E-state index is 13.8. The lowest BCUT2D eigenvalue weighted by atomic mass is 9.88. The van der Waals surface area contributed by atoms with Gasteiger partial charge in [0.25, 0.3) is 0 Å². The van der Waals surface area contributed by atoms with Crippen LogP contribution in [0.1, 0.15) is 44.7 Å². The first-order valence-corrected chi connectivity index (χ1v) is 15.0. The summed E-state index contributed by atoms with van der Waals surface area (Å²) in [5, 5.41) is 8.68. The SMILES string of the molecule is COC(=O)[C@H](Cc1ccccc1)NC(=O)[C@@](C)(CC(C)C)NC(=O)[C@H](CCc1ccccc1)NC(=O)CN1CCOCC1. The van der Waals surface area contributed by atoms with Crippen molar-refractivity contribution >= 4 is 23.7 Å². The van der Waals surface area contributed by atoms with Crippen molar-refractivity contribution in [3.63, 3.8) is 0 Å². The number of amides is 3. The molecule has 0 saturated carbocycles. The molecule has 0 radical (unpaired) electrons. The number of hydrogen-bond acceptors (Lipinski definition) is 7. The third kappa shape index (κ3) is 11.1. The summed E-state index contributed by atoms with van der Waals surface area (Å²) in [7, 11) is 1.28. The Morgan fingerprint density at radius 3 is 2.09 bits per heavy atom. The van der Waals surface area contributed by atoms with Gasteiger partial charge < -0.3 is 25.4 Å². The molecule has 0 spiro atoms. The molecule has 0 aliphatic carbocycles. The first-order chi connectivity index (χ1) is 20.6. The number of aryl methyl sites for hydroxylation is 1. The topological polar surface area (TPSA) is 126 Å². The van der Waals surface area contributed by atoms with Crippen LogP contribution in [0.15, 0.2) is 60.7 Å². The Kier molecular flexibility index (Phi) is 13.2. The minimum atomic E-state index is -1.35. The van der Waals surface area contributed by atoms with Crippen LogP contribution in [0.3, 0.4) is 0 Å². The van der Waals surface area contributed by atoms with Crippen molar-refractivity contribution in [2.45, 2.75) is 64.1 Å². The Labute approximate surface area is 254 Å². The molecule has 3 rings (SSSR count). The van der Waals surface area contributed by atoms with E-state index in [2.05, 4.69) is 16.0 Å². The molecule has 1 fully saturated rings. The smallest absolute Gasteiger partial charge is 0.328 e. The number of esters is 1. The van der Waals surface area contributed by atoms with Gasteiger partial charge in [-0.2, -0.15) is 0 Å². The van der Waals surface area contributed by atoms with Crippen LogP contribution < -0.4 is 16.0 Å². The Hall–Kier alpha value is -3.76. The van der Waals surface area contributed by atoms with Gasteiger partial charge in [0, 0.05) is 19.5 Å². The third-order valence-corrected chi connectivity index (χ3v) is 7.48. The molecule has 2 aromatic rings. The Bertz CT molecular complexity index is 1190. The monoisotopic (exact) mass is 594 g/mol. The zero-order valence-corrected chi connectivity index (χ0v) is 25.8. The Morgan fingerprint density at radius 1 is 0.907 bits per heavy atom. The number of rotatable bonds is 15. The largest absolute Gasteiger partial charge is 0.467 e. The van der Waals surface area contributed by atoms with E-state index in [4.69, 9.17) is 9.47 Å². The van der Waals surface area contributed by atoms with Crippen molar-refractivity contribution in [3.8, 4) is 0 Å². The summed E-state index contributed by atoms with van der Waals surface area (Å²) in [6.45, 7) is 8.13. The number of morpholine rings is 1. The molecule has 2 aromatic carbocycles. The maximum absolute atomic E-state index is 13.8. The average molecular weight is 595 g/mol. The van der Waals surface area contributed by atoms with E-state index in [-0.39, 0.29) is 24.8 Å². The quantitative estimate of drug-likeness (QED) is 0.270. The van der Waals surface area contributed by atoms with Gasteiger partial charge in [0.15, 0.2) is 0 Å². The molecule has 10 heteroatoms.